The third kappa shape index (κ3) is 4.23. The van der Waals surface area contributed by atoms with E-state index in [0.29, 0.717) is 23.6 Å². The molecule has 0 aliphatic carbocycles. The van der Waals surface area contributed by atoms with Crippen molar-refractivity contribution in [3.8, 4) is 5.75 Å². The van der Waals surface area contributed by atoms with Crippen molar-refractivity contribution in [2.75, 3.05) is 6.61 Å². The van der Waals surface area contributed by atoms with Gasteiger partial charge in [-0.15, -0.1) is 0 Å². The molecule has 21 heavy (non-hydrogen) atoms. The first-order chi connectivity index (χ1) is 10.1. The van der Waals surface area contributed by atoms with E-state index in [1.807, 2.05) is 31.2 Å². The summed E-state index contributed by atoms with van der Waals surface area (Å²) in [5, 5.41) is 9.85. The van der Waals surface area contributed by atoms with Crippen LogP contribution in [0.3, 0.4) is 0 Å². The van der Waals surface area contributed by atoms with E-state index < -0.39 is 11.9 Å². The normalized spacial score (nSPS) is 11.9. The Morgan fingerprint density at radius 1 is 1.24 bits per heavy atom. The lowest BCUT2D eigenvalue weighted by Gasteiger charge is -2.15. The maximum atomic E-state index is 11.4. The monoisotopic (exact) mass is 304 g/mol. The molecule has 0 saturated heterocycles. The van der Waals surface area contributed by atoms with E-state index >= 15 is 0 Å². The average molecular weight is 305 g/mol. The summed E-state index contributed by atoms with van der Waals surface area (Å²) in [6.07, 6.45) is 0.368. The van der Waals surface area contributed by atoms with Crippen LogP contribution in [0.5, 0.6) is 5.75 Å². The highest BCUT2D eigenvalue weighted by molar-refractivity contribution is 6.31. The van der Waals surface area contributed by atoms with Crippen molar-refractivity contribution in [3.05, 3.63) is 64.7 Å². The fourth-order valence-electron chi connectivity index (χ4n) is 2.17. The van der Waals surface area contributed by atoms with Gasteiger partial charge in [0.15, 0.2) is 0 Å². The van der Waals surface area contributed by atoms with Crippen LogP contribution < -0.4 is 4.74 Å². The summed E-state index contributed by atoms with van der Waals surface area (Å²) in [4.78, 5) is 11.4. The van der Waals surface area contributed by atoms with E-state index in [2.05, 4.69) is 0 Å². The molecule has 0 aromatic heterocycles. The van der Waals surface area contributed by atoms with E-state index in [1.54, 1.807) is 24.3 Å². The van der Waals surface area contributed by atoms with Gasteiger partial charge in [-0.3, -0.25) is 4.79 Å². The summed E-state index contributed by atoms with van der Waals surface area (Å²) in [5.41, 5.74) is 1.73. The lowest BCUT2D eigenvalue weighted by atomic mass is 9.96. The Kier molecular flexibility index (Phi) is 5.23. The minimum absolute atomic E-state index is 0.325. The van der Waals surface area contributed by atoms with Crippen molar-refractivity contribution in [1.82, 2.24) is 0 Å². The van der Waals surface area contributed by atoms with Crippen LogP contribution in [0.15, 0.2) is 48.5 Å². The summed E-state index contributed by atoms with van der Waals surface area (Å²) in [7, 11) is 0. The lowest BCUT2D eigenvalue weighted by Crippen LogP contribution is -2.15. The third-order valence-corrected chi connectivity index (χ3v) is 3.59. The van der Waals surface area contributed by atoms with Crippen LogP contribution in [-0.2, 0) is 4.79 Å². The molecule has 0 aliphatic heterocycles. The standard InChI is InChI=1S/C17H17ClO3/c1-12-5-4-6-13(11-12)21-10-9-15(17(19)20)14-7-2-3-8-16(14)18/h2-8,11,15H,9-10H2,1H3,(H,19,20). The predicted molar refractivity (Wildman–Crippen MR) is 83.1 cm³/mol. The van der Waals surface area contributed by atoms with Crippen molar-refractivity contribution in [1.29, 1.82) is 0 Å². The molecule has 3 nitrogen and oxygen atoms in total. The van der Waals surface area contributed by atoms with Crippen molar-refractivity contribution in [2.24, 2.45) is 0 Å². The number of ether oxygens (including phenoxy) is 1. The van der Waals surface area contributed by atoms with Gasteiger partial charge in [0.25, 0.3) is 0 Å². The second-order valence-electron chi connectivity index (χ2n) is 4.87. The molecule has 2 rings (SSSR count). The Labute approximate surface area is 129 Å². The number of aliphatic carboxylic acids is 1. The Morgan fingerprint density at radius 2 is 2.00 bits per heavy atom. The summed E-state index contributed by atoms with van der Waals surface area (Å²) in [5.74, 6) is -0.808. The molecule has 2 aromatic carbocycles. The van der Waals surface area contributed by atoms with Crippen molar-refractivity contribution in [3.63, 3.8) is 0 Å². The Hall–Kier alpha value is -2.00. The number of benzene rings is 2. The van der Waals surface area contributed by atoms with Gasteiger partial charge >= 0.3 is 5.97 Å². The molecule has 1 unspecified atom stereocenters. The van der Waals surface area contributed by atoms with E-state index in [9.17, 15) is 9.90 Å². The molecule has 0 bridgehead atoms. The van der Waals surface area contributed by atoms with Crippen LogP contribution >= 0.6 is 11.6 Å². The fraction of sp³-hybridized carbons (Fsp3) is 0.235. The van der Waals surface area contributed by atoms with E-state index in [-0.39, 0.29) is 0 Å². The number of halogens is 1. The van der Waals surface area contributed by atoms with Gasteiger partial charge in [-0.2, -0.15) is 0 Å². The molecule has 0 spiro atoms. The second-order valence-corrected chi connectivity index (χ2v) is 5.27. The Bertz CT molecular complexity index is 625. The summed E-state index contributed by atoms with van der Waals surface area (Å²) in [6, 6.07) is 14.7. The molecular formula is C17H17ClO3. The van der Waals surface area contributed by atoms with Gasteiger partial charge in [-0.25, -0.2) is 0 Å². The first kappa shape index (κ1) is 15.4. The molecule has 0 heterocycles. The number of aryl methyl sites for hydroxylation is 1. The fourth-order valence-corrected chi connectivity index (χ4v) is 2.44. The maximum absolute atomic E-state index is 11.4. The number of carbonyl (C=O) groups is 1. The SMILES string of the molecule is Cc1cccc(OCCC(C(=O)O)c2ccccc2Cl)c1. The molecule has 0 radical (unpaired) electrons. The van der Waals surface area contributed by atoms with Crippen LogP contribution in [-0.4, -0.2) is 17.7 Å². The second kappa shape index (κ2) is 7.14. The Morgan fingerprint density at radius 3 is 2.67 bits per heavy atom. The Balaban J connectivity index is 2.02. The lowest BCUT2D eigenvalue weighted by molar-refractivity contribution is -0.139. The van der Waals surface area contributed by atoms with Gasteiger partial charge in [0.1, 0.15) is 5.75 Å². The predicted octanol–water partition coefficient (Wildman–Crippen LogP) is 4.29. The number of hydrogen-bond donors (Lipinski definition) is 1. The number of carboxylic acids is 1. The van der Waals surface area contributed by atoms with Crippen molar-refractivity contribution >= 4 is 17.6 Å². The van der Waals surface area contributed by atoms with Crippen LogP contribution in [0.4, 0.5) is 0 Å². The zero-order valence-corrected chi connectivity index (χ0v) is 12.5. The van der Waals surface area contributed by atoms with Crippen LogP contribution in [0, 0.1) is 6.92 Å². The molecule has 0 fully saturated rings. The highest BCUT2D eigenvalue weighted by Crippen LogP contribution is 2.27. The first-order valence-electron chi connectivity index (χ1n) is 6.74. The van der Waals surface area contributed by atoms with Gasteiger partial charge in [0, 0.05) is 5.02 Å². The number of carboxylic acid groups (broad SMARTS) is 1. The third-order valence-electron chi connectivity index (χ3n) is 3.24. The van der Waals surface area contributed by atoms with E-state index in [0.717, 1.165) is 11.3 Å². The van der Waals surface area contributed by atoms with Crippen LogP contribution in [0.1, 0.15) is 23.5 Å². The van der Waals surface area contributed by atoms with Gasteiger partial charge in [0.2, 0.25) is 0 Å². The van der Waals surface area contributed by atoms with Gasteiger partial charge in [0.05, 0.1) is 12.5 Å². The highest BCUT2D eigenvalue weighted by atomic mass is 35.5. The molecular weight excluding hydrogens is 288 g/mol. The molecule has 1 atom stereocenters. The minimum atomic E-state index is -0.893. The van der Waals surface area contributed by atoms with Crippen LogP contribution in [0.25, 0.3) is 0 Å². The van der Waals surface area contributed by atoms with Crippen LogP contribution in [0.2, 0.25) is 5.02 Å². The summed E-state index contributed by atoms with van der Waals surface area (Å²) >= 11 is 6.08. The number of rotatable bonds is 6. The molecule has 0 saturated carbocycles. The topological polar surface area (TPSA) is 46.5 Å². The summed E-state index contributed by atoms with van der Waals surface area (Å²) < 4.78 is 5.62. The molecule has 4 heteroatoms. The smallest absolute Gasteiger partial charge is 0.311 e. The van der Waals surface area contributed by atoms with E-state index in [4.69, 9.17) is 16.3 Å². The summed E-state index contributed by atoms with van der Waals surface area (Å²) in [6.45, 7) is 2.31. The quantitative estimate of drug-likeness (QED) is 0.866. The van der Waals surface area contributed by atoms with Crippen molar-refractivity contribution in [2.45, 2.75) is 19.3 Å². The average Bonchev–Trinajstić information content (AvgIpc) is 2.44. The van der Waals surface area contributed by atoms with Gasteiger partial charge in [-0.05, 0) is 42.7 Å². The molecule has 1 N–H and O–H groups in total. The van der Waals surface area contributed by atoms with Gasteiger partial charge in [-0.1, -0.05) is 41.9 Å². The first-order valence-corrected chi connectivity index (χ1v) is 7.12. The minimum Gasteiger partial charge on any atom is -0.494 e. The van der Waals surface area contributed by atoms with Crippen molar-refractivity contribution < 1.29 is 14.6 Å². The molecule has 2 aromatic rings. The number of hydrogen-bond acceptors (Lipinski definition) is 2. The highest BCUT2D eigenvalue weighted by Gasteiger charge is 2.22. The molecule has 110 valence electrons. The zero-order valence-electron chi connectivity index (χ0n) is 11.8. The molecule has 0 aliphatic rings. The van der Waals surface area contributed by atoms with E-state index in [1.165, 1.54) is 0 Å². The molecule has 0 amide bonds. The maximum Gasteiger partial charge on any atom is 0.311 e. The zero-order chi connectivity index (χ0) is 15.2. The van der Waals surface area contributed by atoms with Gasteiger partial charge < -0.3 is 9.84 Å². The largest absolute Gasteiger partial charge is 0.494 e.